The summed E-state index contributed by atoms with van der Waals surface area (Å²) >= 11 is 0. The summed E-state index contributed by atoms with van der Waals surface area (Å²) in [6.45, 7) is 1.08. The standard InChI is InChI=1S/C12H14O3.CH3F/c13-12-7-6-11(15-12)9-14-8-10-4-2-1-3-5-10;1-2/h1-5,11H,6-9H2;1H3. The van der Waals surface area contributed by atoms with Gasteiger partial charge in [0.15, 0.2) is 0 Å². The maximum Gasteiger partial charge on any atom is 0.306 e. The van der Waals surface area contributed by atoms with Crippen molar-refractivity contribution in [3.8, 4) is 0 Å². The molecule has 0 saturated carbocycles. The summed E-state index contributed by atoms with van der Waals surface area (Å²) in [4.78, 5) is 10.8. The van der Waals surface area contributed by atoms with Gasteiger partial charge in [0.25, 0.3) is 0 Å². The van der Waals surface area contributed by atoms with Crippen LogP contribution in [0.2, 0.25) is 0 Å². The third-order valence-electron chi connectivity index (χ3n) is 2.38. The Balaban J connectivity index is 0.000000686. The lowest BCUT2D eigenvalue weighted by Gasteiger charge is -2.09. The molecule has 1 heterocycles. The van der Waals surface area contributed by atoms with E-state index in [0.29, 0.717) is 26.8 Å². The van der Waals surface area contributed by atoms with Crippen LogP contribution in [0.15, 0.2) is 30.3 Å². The van der Waals surface area contributed by atoms with E-state index in [1.807, 2.05) is 30.3 Å². The quantitative estimate of drug-likeness (QED) is 0.758. The van der Waals surface area contributed by atoms with Gasteiger partial charge in [-0.25, -0.2) is 0 Å². The van der Waals surface area contributed by atoms with Crippen molar-refractivity contribution in [1.82, 2.24) is 0 Å². The molecular formula is C13H17FO3. The Morgan fingerprint density at radius 1 is 1.35 bits per heavy atom. The lowest BCUT2D eigenvalue weighted by molar-refractivity contribution is -0.143. The zero-order chi connectivity index (χ0) is 12.5. The van der Waals surface area contributed by atoms with Crippen molar-refractivity contribution >= 4 is 5.97 Å². The normalized spacial score (nSPS) is 18.2. The first-order valence-corrected chi connectivity index (χ1v) is 5.53. The lowest BCUT2D eigenvalue weighted by atomic mass is 10.2. The van der Waals surface area contributed by atoms with E-state index in [4.69, 9.17) is 9.47 Å². The number of halogens is 1. The minimum Gasteiger partial charge on any atom is -0.460 e. The molecule has 3 nitrogen and oxygen atoms in total. The molecule has 94 valence electrons. The fraction of sp³-hybridized carbons (Fsp3) is 0.462. The number of carbonyl (C=O) groups excluding carboxylic acids is 1. The smallest absolute Gasteiger partial charge is 0.306 e. The summed E-state index contributed by atoms with van der Waals surface area (Å²) in [6, 6.07) is 9.96. The average molecular weight is 240 g/mol. The van der Waals surface area contributed by atoms with Crippen molar-refractivity contribution in [2.45, 2.75) is 25.6 Å². The van der Waals surface area contributed by atoms with E-state index in [9.17, 15) is 9.18 Å². The van der Waals surface area contributed by atoms with E-state index in [0.717, 1.165) is 12.0 Å². The van der Waals surface area contributed by atoms with Crippen LogP contribution in [0.4, 0.5) is 4.39 Å². The molecule has 0 aliphatic carbocycles. The van der Waals surface area contributed by atoms with Crippen molar-refractivity contribution in [3.05, 3.63) is 35.9 Å². The Kier molecular flexibility index (Phi) is 6.25. The van der Waals surface area contributed by atoms with E-state index in [1.165, 1.54) is 0 Å². The van der Waals surface area contributed by atoms with E-state index >= 15 is 0 Å². The van der Waals surface area contributed by atoms with E-state index in [1.54, 1.807) is 0 Å². The zero-order valence-electron chi connectivity index (χ0n) is 9.90. The third-order valence-corrected chi connectivity index (χ3v) is 2.38. The number of cyclic esters (lactones) is 1. The predicted molar refractivity (Wildman–Crippen MR) is 62.2 cm³/mol. The molecule has 1 fully saturated rings. The molecule has 1 aliphatic rings. The minimum absolute atomic E-state index is 0.0405. The van der Waals surface area contributed by atoms with Gasteiger partial charge in [-0.3, -0.25) is 9.18 Å². The largest absolute Gasteiger partial charge is 0.460 e. The van der Waals surface area contributed by atoms with Crippen molar-refractivity contribution in [3.63, 3.8) is 0 Å². The summed E-state index contributed by atoms with van der Waals surface area (Å²) in [5, 5.41) is 0. The van der Waals surface area contributed by atoms with E-state index in [-0.39, 0.29) is 12.1 Å². The highest BCUT2D eigenvalue weighted by Gasteiger charge is 2.22. The SMILES string of the molecule is CF.O=C1CCC(COCc2ccccc2)O1. The van der Waals surface area contributed by atoms with Crippen LogP contribution in [-0.4, -0.2) is 25.9 Å². The topological polar surface area (TPSA) is 35.5 Å². The Hall–Kier alpha value is -1.42. The zero-order valence-corrected chi connectivity index (χ0v) is 9.90. The first-order valence-electron chi connectivity index (χ1n) is 5.53. The number of hydrogen-bond donors (Lipinski definition) is 0. The van der Waals surface area contributed by atoms with E-state index in [2.05, 4.69) is 0 Å². The van der Waals surface area contributed by atoms with Gasteiger partial charge in [-0.2, -0.15) is 0 Å². The summed E-state index contributed by atoms with van der Waals surface area (Å²) in [7, 11) is 0.500. The van der Waals surface area contributed by atoms with Crippen LogP contribution >= 0.6 is 0 Å². The lowest BCUT2D eigenvalue weighted by Crippen LogP contribution is -2.14. The van der Waals surface area contributed by atoms with Crippen LogP contribution in [0.25, 0.3) is 0 Å². The Bertz CT molecular complexity index is 327. The molecule has 17 heavy (non-hydrogen) atoms. The summed E-state index contributed by atoms with van der Waals surface area (Å²) in [5.74, 6) is -0.108. The van der Waals surface area contributed by atoms with Crippen molar-refractivity contribution in [2.24, 2.45) is 0 Å². The highest BCUT2D eigenvalue weighted by molar-refractivity contribution is 5.71. The molecule has 1 saturated heterocycles. The molecule has 1 aliphatic heterocycles. The second kappa shape index (κ2) is 7.79. The molecule has 0 radical (unpaired) electrons. The van der Waals surface area contributed by atoms with E-state index < -0.39 is 0 Å². The summed E-state index contributed by atoms with van der Waals surface area (Å²) < 4.78 is 20.0. The van der Waals surface area contributed by atoms with Gasteiger partial charge in [-0.05, 0) is 12.0 Å². The molecular weight excluding hydrogens is 223 g/mol. The van der Waals surface area contributed by atoms with Crippen LogP contribution in [-0.2, 0) is 20.9 Å². The van der Waals surface area contributed by atoms with Crippen LogP contribution in [0.1, 0.15) is 18.4 Å². The molecule has 0 spiro atoms. The third kappa shape index (κ3) is 4.95. The number of esters is 1. The molecule has 0 aromatic heterocycles. The van der Waals surface area contributed by atoms with Gasteiger partial charge in [0.2, 0.25) is 0 Å². The molecule has 4 heteroatoms. The Labute approximate surface area is 101 Å². The molecule has 1 atom stereocenters. The van der Waals surface area contributed by atoms with Gasteiger partial charge >= 0.3 is 5.97 Å². The number of alkyl halides is 1. The minimum atomic E-state index is -0.108. The van der Waals surface area contributed by atoms with Crippen LogP contribution in [0.3, 0.4) is 0 Å². The second-order valence-corrected chi connectivity index (χ2v) is 3.65. The molecule has 0 amide bonds. The Morgan fingerprint density at radius 3 is 2.65 bits per heavy atom. The molecule has 0 N–H and O–H groups in total. The molecule has 0 bridgehead atoms. The van der Waals surface area contributed by atoms with Gasteiger partial charge in [-0.15, -0.1) is 0 Å². The molecule has 1 unspecified atom stereocenters. The van der Waals surface area contributed by atoms with Gasteiger partial charge in [0, 0.05) is 6.42 Å². The van der Waals surface area contributed by atoms with Crippen molar-refractivity contribution in [2.75, 3.05) is 13.8 Å². The maximum atomic E-state index is 10.8. The summed E-state index contributed by atoms with van der Waals surface area (Å²) in [6.07, 6.45) is 1.27. The average Bonchev–Trinajstić information content (AvgIpc) is 2.79. The number of carbonyl (C=O) groups is 1. The maximum absolute atomic E-state index is 10.8. The number of benzene rings is 1. The summed E-state index contributed by atoms with van der Waals surface area (Å²) in [5.41, 5.74) is 1.14. The molecule has 1 aromatic rings. The van der Waals surface area contributed by atoms with Gasteiger partial charge in [0.05, 0.1) is 20.4 Å². The monoisotopic (exact) mass is 240 g/mol. The highest BCUT2D eigenvalue weighted by Crippen LogP contribution is 2.14. The Morgan fingerprint density at radius 2 is 2.06 bits per heavy atom. The van der Waals surface area contributed by atoms with Crippen molar-refractivity contribution in [1.29, 1.82) is 0 Å². The second-order valence-electron chi connectivity index (χ2n) is 3.65. The number of ether oxygens (including phenoxy) is 2. The van der Waals surface area contributed by atoms with Crippen LogP contribution < -0.4 is 0 Å². The van der Waals surface area contributed by atoms with Gasteiger partial charge in [-0.1, -0.05) is 30.3 Å². The highest BCUT2D eigenvalue weighted by atomic mass is 19.1. The van der Waals surface area contributed by atoms with Crippen LogP contribution in [0, 0.1) is 0 Å². The first-order chi connectivity index (χ1) is 8.34. The first kappa shape index (κ1) is 13.6. The predicted octanol–water partition coefficient (Wildman–Crippen LogP) is 2.49. The fourth-order valence-corrected chi connectivity index (χ4v) is 1.58. The van der Waals surface area contributed by atoms with Gasteiger partial charge < -0.3 is 9.47 Å². The number of rotatable bonds is 4. The molecule has 2 rings (SSSR count). The fourth-order valence-electron chi connectivity index (χ4n) is 1.58. The molecule has 1 aromatic carbocycles. The van der Waals surface area contributed by atoms with Crippen LogP contribution in [0.5, 0.6) is 0 Å². The van der Waals surface area contributed by atoms with Gasteiger partial charge in [0.1, 0.15) is 6.10 Å². The van der Waals surface area contributed by atoms with Crippen molar-refractivity contribution < 1.29 is 18.7 Å². The number of hydrogen-bond acceptors (Lipinski definition) is 3.